The second-order valence-corrected chi connectivity index (χ2v) is 3.86. The Labute approximate surface area is 103 Å². The molecule has 18 heavy (non-hydrogen) atoms. The van der Waals surface area contributed by atoms with Gasteiger partial charge in [0.25, 0.3) is 0 Å². The number of ether oxygens (including phenoxy) is 1. The van der Waals surface area contributed by atoms with Crippen molar-refractivity contribution in [2.24, 2.45) is 5.73 Å². The van der Waals surface area contributed by atoms with Gasteiger partial charge in [0.05, 0.1) is 11.0 Å². The first-order valence-electron chi connectivity index (χ1n) is 5.42. The molecule has 6 heteroatoms. The lowest BCUT2D eigenvalue weighted by Crippen LogP contribution is -2.36. The van der Waals surface area contributed by atoms with Crippen LogP contribution in [0, 0.1) is 6.92 Å². The van der Waals surface area contributed by atoms with Crippen molar-refractivity contribution in [1.29, 1.82) is 0 Å². The molecule has 0 amide bonds. The van der Waals surface area contributed by atoms with Crippen molar-refractivity contribution in [1.82, 2.24) is 9.97 Å². The van der Waals surface area contributed by atoms with Crippen LogP contribution in [0.15, 0.2) is 24.3 Å². The van der Waals surface area contributed by atoms with Gasteiger partial charge < -0.3 is 15.6 Å². The third-order valence-electron chi connectivity index (χ3n) is 2.42. The first-order chi connectivity index (χ1) is 8.58. The molecule has 0 bridgehead atoms. The van der Waals surface area contributed by atoms with E-state index in [2.05, 4.69) is 9.97 Å². The van der Waals surface area contributed by atoms with E-state index in [0.29, 0.717) is 17.1 Å². The number of carbonyl (C=O) groups is 1. The van der Waals surface area contributed by atoms with Gasteiger partial charge in [0, 0.05) is 0 Å². The summed E-state index contributed by atoms with van der Waals surface area (Å²) in [7, 11) is 0. The van der Waals surface area contributed by atoms with E-state index in [1.807, 2.05) is 24.3 Å². The number of benzene rings is 1. The van der Waals surface area contributed by atoms with Gasteiger partial charge in [0.15, 0.2) is 0 Å². The second kappa shape index (κ2) is 4.97. The van der Waals surface area contributed by atoms with E-state index >= 15 is 0 Å². The SMILES string of the molecule is Cc1nc2ccccc2nc1OCC(N)C(=O)O. The minimum atomic E-state index is -1.11. The lowest BCUT2D eigenvalue weighted by Gasteiger charge is -2.10. The molecule has 2 rings (SSSR count). The molecule has 0 saturated carbocycles. The molecule has 94 valence electrons. The Morgan fingerprint density at radius 3 is 2.61 bits per heavy atom. The molecule has 6 nitrogen and oxygen atoms in total. The second-order valence-electron chi connectivity index (χ2n) is 3.86. The Morgan fingerprint density at radius 2 is 2.00 bits per heavy atom. The summed E-state index contributed by atoms with van der Waals surface area (Å²) in [5, 5.41) is 8.66. The van der Waals surface area contributed by atoms with Crippen LogP contribution in [0.25, 0.3) is 11.0 Å². The largest absolute Gasteiger partial charge is 0.480 e. The van der Waals surface area contributed by atoms with Gasteiger partial charge in [-0.15, -0.1) is 0 Å². The van der Waals surface area contributed by atoms with Gasteiger partial charge in [-0.05, 0) is 19.1 Å². The fourth-order valence-electron chi connectivity index (χ4n) is 1.45. The average molecular weight is 247 g/mol. The molecule has 0 radical (unpaired) electrons. The maximum Gasteiger partial charge on any atom is 0.324 e. The van der Waals surface area contributed by atoms with E-state index in [-0.39, 0.29) is 6.61 Å². The Hall–Kier alpha value is -2.21. The van der Waals surface area contributed by atoms with Gasteiger partial charge in [-0.1, -0.05) is 12.1 Å². The Balaban J connectivity index is 2.23. The summed E-state index contributed by atoms with van der Waals surface area (Å²) in [6.45, 7) is 1.62. The lowest BCUT2D eigenvalue weighted by molar-refractivity contribution is -0.139. The summed E-state index contributed by atoms with van der Waals surface area (Å²) in [5.74, 6) is -0.799. The Bertz CT molecular complexity index is 586. The fourth-order valence-corrected chi connectivity index (χ4v) is 1.45. The van der Waals surface area contributed by atoms with Crippen LogP contribution >= 0.6 is 0 Å². The molecule has 1 atom stereocenters. The normalized spacial score (nSPS) is 12.3. The molecular weight excluding hydrogens is 234 g/mol. The number of carboxylic acid groups (broad SMARTS) is 1. The molecule has 2 aromatic rings. The molecule has 0 saturated heterocycles. The number of nitrogens with two attached hydrogens (primary N) is 1. The summed E-state index contributed by atoms with van der Waals surface area (Å²) in [5.41, 5.74) is 7.42. The third-order valence-corrected chi connectivity index (χ3v) is 2.42. The van der Waals surface area contributed by atoms with Crippen molar-refractivity contribution in [2.75, 3.05) is 6.61 Å². The van der Waals surface area contributed by atoms with E-state index < -0.39 is 12.0 Å². The van der Waals surface area contributed by atoms with E-state index in [4.69, 9.17) is 15.6 Å². The van der Waals surface area contributed by atoms with Crippen LogP contribution in [0.2, 0.25) is 0 Å². The summed E-state index contributed by atoms with van der Waals surface area (Å²) in [4.78, 5) is 19.2. The van der Waals surface area contributed by atoms with Crippen molar-refractivity contribution in [3.05, 3.63) is 30.0 Å². The molecule has 0 aliphatic carbocycles. The summed E-state index contributed by atoms with van der Waals surface area (Å²) in [6.07, 6.45) is 0. The van der Waals surface area contributed by atoms with Crippen LogP contribution in [0.4, 0.5) is 0 Å². The van der Waals surface area contributed by atoms with Gasteiger partial charge in [0.1, 0.15) is 18.3 Å². The predicted octanol–water partition coefficient (Wildman–Crippen LogP) is 0.729. The van der Waals surface area contributed by atoms with E-state index in [9.17, 15) is 4.79 Å². The van der Waals surface area contributed by atoms with Crippen molar-refractivity contribution < 1.29 is 14.6 Å². The number of rotatable bonds is 4. The highest BCUT2D eigenvalue weighted by Crippen LogP contribution is 2.17. The lowest BCUT2D eigenvalue weighted by atomic mass is 10.3. The molecule has 1 unspecified atom stereocenters. The number of aromatic nitrogens is 2. The van der Waals surface area contributed by atoms with Gasteiger partial charge in [-0.3, -0.25) is 4.79 Å². The zero-order valence-electron chi connectivity index (χ0n) is 9.83. The van der Waals surface area contributed by atoms with Gasteiger partial charge in [0.2, 0.25) is 5.88 Å². The van der Waals surface area contributed by atoms with Gasteiger partial charge >= 0.3 is 5.97 Å². The number of fused-ring (bicyclic) bond motifs is 1. The van der Waals surface area contributed by atoms with Crippen molar-refractivity contribution in [2.45, 2.75) is 13.0 Å². The van der Waals surface area contributed by atoms with Crippen molar-refractivity contribution in [3.8, 4) is 5.88 Å². The molecule has 0 fully saturated rings. The predicted molar refractivity (Wildman–Crippen MR) is 65.4 cm³/mol. The van der Waals surface area contributed by atoms with Gasteiger partial charge in [-0.25, -0.2) is 9.97 Å². The minimum absolute atomic E-state index is 0.136. The van der Waals surface area contributed by atoms with Crippen LogP contribution in [0.1, 0.15) is 5.69 Å². The Kier molecular flexibility index (Phi) is 3.38. The molecule has 0 aliphatic rings. The fraction of sp³-hybridized carbons (Fsp3) is 0.250. The number of hydrogen-bond acceptors (Lipinski definition) is 5. The number of carboxylic acids is 1. The number of para-hydroxylation sites is 2. The molecular formula is C12H13N3O3. The molecule has 1 aromatic heterocycles. The van der Waals surface area contributed by atoms with E-state index in [0.717, 1.165) is 5.52 Å². The molecule has 0 aliphatic heterocycles. The van der Waals surface area contributed by atoms with Crippen molar-refractivity contribution in [3.63, 3.8) is 0 Å². The smallest absolute Gasteiger partial charge is 0.324 e. The van der Waals surface area contributed by atoms with Crippen LogP contribution in [0.3, 0.4) is 0 Å². The topological polar surface area (TPSA) is 98.3 Å². The summed E-state index contributed by atoms with van der Waals surface area (Å²) in [6, 6.07) is 6.31. The molecule has 0 spiro atoms. The number of hydrogen-bond donors (Lipinski definition) is 2. The van der Waals surface area contributed by atoms with Crippen LogP contribution in [-0.4, -0.2) is 33.7 Å². The van der Waals surface area contributed by atoms with E-state index in [1.165, 1.54) is 0 Å². The summed E-state index contributed by atoms with van der Waals surface area (Å²) < 4.78 is 5.29. The number of aryl methyl sites for hydroxylation is 1. The van der Waals surface area contributed by atoms with Crippen LogP contribution in [-0.2, 0) is 4.79 Å². The highest BCUT2D eigenvalue weighted by atomic mass is 16.5. The highest BCUT2D eigenvalue weighted by Gasteiger charge is 2.14. The maximum absolute atomic E-state index is 10.6. The Morgan fingerprint density at radius 1 is 1.39 bits per heavy atom. The monoisotopic (exact) mass is 247 g/mol. The molecule has 1 heterocycles. The highest BCUT2D eigenvalue weighted by molar-refractivity contribution is 5.75. The van der Waals surface area contributed by atoms with Crippen LogP contribution in [0.5, 0.6) is 5.88 Å². The molecule has 3 N–H and O–H groups in total. The quantitative estimate of drug-likeness (QED) is 0.826. The first-order valence-corrected chi connectivity index (χ1v) is 5.42. The summed E-state index contributed by atoms with van der Waals surface area (Å²) >= 11 is 0. The van der Waals surface area contributed by atoms with Crippen LogP contribution < -0.4 is 10.5 Å². The minimum Gasteiger partial charge on any atom is -0.480 e. The number of nitrogens with zero attached hydrogens (tertiary/aromatic N) is 2. The number of aliphatic carboxylic acids is 1. The average Bonchev–Trinajstić information content (AvgIpc) is 2.35. The maximum atomic E-state index is 10.6. The zero-order valence-corrected chi connectivity index (χ0v) is 9.83. The third kappa shape index (κ3) is 2.54. The molecule has 1 aromatic carbocycles. The standard InChI is InChI=1S/C12H13N3O3/c1-7-11(18-6-8(13)12(16)17)15-10-5-3-2-4-9(10)14-7/h2-5,8H,6,13H2,1H3,(H,16,17). The zero-order chi connectivity index (χ0) is 13.1. The van der Waals surface area contributed by atoms with Gasteiger partial charge in [-0.2, -0.15) is 0 Å². The van der Waals surface area contributed by atoms with E-state index in [1.54, 1.807) is 6.92 Å². The van der Waals surface area contributed by atoms with Crippen molar-refractivity contribution >= 4 is 17.0 Å². The first kappa shape index (κ1) is 12.3.